The zero-order valence-electron chi connectivity index (χ0n) is 5.84. The summed E-state index contributed by atoms with van der Waals surface area (Å²) < 4.78 is 1.19. The summed E-state index contributed by atoms with van der Waals surface area (Å²) in [5, 5.41) is 0. The van der Waals surface area contributed by atoms with E-state index in [1.54, 1.807) is 12.5 Å². The molecule has 2 heterocycles. The van der Waals surface area contributed by atoms with Crippen molar-refractivity contribution in [1.82, 2.24) is 9.97 Å². The van der Waals surface area contributed by atoms with Crippen molar-refractivity contribution in [2.75, 3.05) is 0 Å². The molecule has 1 radical (unpaired) electrons. The molecule has 0 unspecified atom stereocenters. The summed E-state index contributed by atoms with van der Waals surface area (Å²) in [5.41, 5.74) is 0. The van der Waals surface area contributed by atoms with Gasteiger partial charge in [0.2, 0.25) is 0 Å². The topological polar surface area (TPSA) is 25.8 Å². The molecule has 0 spiro atoms. The summed E-state index contributed by atoms with van der Waals surface area (Å²) in [7, 11) is 0. The standard InChI is InChI=1S/C8H7N2Se/c1-2-6-11(5-1)8-3-4-9-7-10-8/h1-7H. The molecule has 0 fully saturated rings. The Morgan fingerprint density at radius 1 is 1.18 bits per heavy atom. The van der Waals surface area contributed by atoms with E-state index >= 15 is 0 Å². The van der Waals surface area contributed by atoms with Gasteiger partial charge in [-0.05, 0) is 0 Å². The molecule has 3 heteroatoms. The average molecular weight is 210 g/mol. The molecule has 2 nitrogen and oxygen atoms in total. The maximum absolute atomic E-state index is 4.20. The molecule has 0 amide bonds. The van der Waals surface area contributed by atoms with Crippen LogP contribution in [0.1, 0.15) is 0 Å². The third-order valence-corrected chi connectivity index (χ3v) is 4.77. The Kier molecular flexibility index (Phi) is 1.84. The molecule has 1 aliphatic heterocycles. The number of nitrogens with zero attached hydrogens (tertiary/aromatic N) is 2. The fraction of sp³-hybridized carbons (Fsp3) is 0. The average Bonchev–Trinajstić information content (AvgIpc) is 2.58. The van der Waals surface area contributed by atoms with E-state index in [1.807, 2.05) is 6.07 Å². The summed E-state index contributed by atoms with van der Waals surface area (Å²) in [6.07, 6.45) is 7.59. The first-order valence-corrected chi connectivity index (χ1v) is 6.13. The molecule has 11 heavy (non-hydrogen) atoms. The van der Waals surface area contributed by atoms with E-state index in [4.69, 9.17) is 0 Å². The molecule has 0 aliphatic carbocycles. The Hall–Kier alpha value is -0.921. The Balaban J connectivity index is 2.30. The van der Waals surface area contributed by atoms with Crippen LogP contribution in [-0.4, -0.2) is 23.9 Å². The summed E-state index contributed by atoms with van der Waals surface area (Å²) in [6.45, 7) is 0. The zero-order chi connectivity index (χ0) is 7.52. The van der Waals surface area contributed by atoms with E-state index in [1.165, 1.54) is 4.59 Å². The molecule has 0 aromatic carbocycles. The monoisotopic (exact) mass is 211 g/mol. The molecule has 1 aromatic heterocycles. The van der Waals surface area contributed by atoms with Gasteiger partial charge in [0.15, 0.2) is 0 Å². The normalized spacial score (nSPS) is 16.0. The maximum atomic E-state index is 4.20. The second-order valence-electron chi connectivity index (χ2n) is 2.08. The summed E-state index contributed by atoms with van der Waals surface area (Å²) in [6, 6.07) is 1.99. The Bertz CT molecular complexity index is 280. The minimum absolute atomic E-state index is 0.820. The van der Waals surface area contributed by atoms with Gasteiger partial charge in [0.25, 0.3) is 0 Å². The molecule has 0 N–H and O–H groups in total. The van der Waals surface area contributed by atoms with Gasteiger partial charge in [0.1, 0.15) is 0 Å². The van der Waals surface area contributed by atoms with Crippen molar-refractivity contribution in [2.24, 2.45) is 0 Å². The van der Waals surface area contributed by atoms with E-state index in [0.29, 0.717) is 0 Å². The first-order valence-electron chi connectivity index (χ1n) is 3.30. The van der Waals surface area contributed by atoms with Gasteiger partial charge < -0.3 is 0 Å². The summed E-state index contributed by atoms with van der Waals surface area (Å²) >= 11 is -0.820. The van der Waals surface area contributed by atoms with Gasteiger partial charge >= 0.3 is 69.2 Å². The summed E-state index contributed by atoms with van der Waals surface area (Å²) in [5.74, 6) is 0. The molecule has 1 aliphatic rings. The molecular weight excluding hydrogens is 203 g/mol. The predicted octanol–water partition coefficient (Wildman–Crippen LogP) is 0.383. The number of allylic oxidation sites excluding steroid dienone is 2. The van der Waals surface area contributed by atoms with Crippen LogP contribution < -0.4 is 4.59 Å². The Morgan fingerprint density at radius 2 is 2.00 bits per heavy atom. The molecule has 0 saturated carbocycles. The number of hydrogen-bond donors (Lipinski definition) is 0. The second-order valence-corrected chi connectivity index (χ2v) is 5.66. The van der Waals surface area contributed by atoms with Crippen LogP contribution in [0, 0.1) is 0 Å². The van der Waals surface area contributed by atoms with Crippen LogP contribution in [0.5, 0.6) is 0 Å². The zero-order valence-corrected chi connectivity index (χ0v) is 7.56. The second kappa shape index (κ2) is 2.99. The molecule has 0 bridgehead atoms. The van der Waals surface area contributed by atoms with Crippen molar-refractivity contribution in [3.8, 4) is 0 Å². The minimum atomic E-state index is -0.820. The van der Waals surface area contributed by atoms with Crippen LogP contribution in [0.25, 0.3) is 0 Å². The van der Waals surface area contributed by atoms with E-state index in [0.717, 1.165) is 0 Å². The van der Waals surface area contributed by atoms with Gasteiger partial charge in [-0.1, -0.05) is 0 Å². The van der Waals surface area contributed by atoms with Crippen LogP contribution in [0.4, 0.5) is 0 Å². The molecule has 0 atom stereocenters. The first kappa shape index (κ1) is 6.77. The van der Waals surface area contributed by atoms with Crippen LogP contribution in [0.15, 0.2) is 40.7 Å². The van der Waals surface area contributed by atoms with Crippen molar-refractivity contribution < 1.29 is 0 Å². The Morgan fingerprint density at radius 3 is 2.64 bits per heavy atom. The van der Waals surface area contributed by atoms with Crippen LogP contribution in [0.2, 0.25) is 0 Å². The fourth-order valence-electron chi connectivity index (χ4n) is 0.863. The molecule has 2 rings (SSSR count). The third kappa shape index (κ3) is 1.39. The first-order chi connectivity index (χ1) is 5.47. The van der Waals surface area contributed by atoms with E-state index < -0.39 is 13.9 Å². The van der Waals surface area contributed by atoms with Crippen molar-refractivity contribution in [3.63, 3.8) is 0 Å². The fourth-order valence-corrected chi connectivity index (χ4v) is 3.54. The van der Waals surface area contributed by atoms with Crippen molar-refractivity contribution in [2.45, 2.75) is 0 Å². The quantitative estimate of drug-likeness (QED) is 0.626. The third-order valence-electron chi connectivity index (χ3n) is 1.36. The van der Waals surface area contributed by atoms with Crippen LogP contribution >= 0.6 is 0 Å². The van der Waals surface area contributed by atoms with E-state index in [-0.39, 0.29) is 0 Å². The van der Waals surface area contributed by atoms with Gasteiger partial charge in [0, 0.05) is 0 Å². The molecular formula is C8H7N2Se. The van der Waals surface area contributed by atoms with Crippen molar-refractivity contribution in [3.05, 3.63) is 40.7 Å². The van der Waals surface area contributed by atoms with Gasteiger partial charge in [-0.2, -0.15) is 0 Å². The van der Waals surface area contributed by atoms with Crippen LogP contribution in [0.3, 0.4) is 0 Å². The molecule has 55 valence electrons. The SMILES string of the molecule is C1=C[Se](c2ccncn2)C=C1. The summed E-state index contributed by atoms with van der Waals surface area (Å²) in [4.78, 5) is 12.6. The Labute approximate surface area is 69.6 Å². The van der Waals surface area contributed by atoms with E-state index in [9.17, 15) is 0 Å². The van der Waals surface area contributed by atoms with Crippen molar-refractivity contribution in [1.29, 1.82) is 0 Å². The van der Waals surface area contributed by atoms with E-state index in [2.05, 4.69) is 32.1 Å². The molecule has 0 saturated heterocycles. The van der Waals surface area contributed by atoms with Crippen molar-refractivity contribution >= 4 is 18.5 Å². The van der Waals surface area contributed by atoms with Gasteiger partial charge in [-0.3, -0.25) is 0 Å². The van der Waals surface area contributed by atoms with Gasteiger partial charge in [0.05, 0.1) is 0 Å². The van der Waals surface area contributed by atoms with Crippen LogP contribution in [-0.2, 0) is 0 Å². The van der Waals surface area contributed by atoms with Gasteiger partial charge in [-0.25, -0.2) is 0 Å². The van der Waals surface area contributed by atoms with Gasteiger partial charge in [-0.15, -0.1) is 0 Å². The number of rotatable bonds is 1. The number of aromatic nitrogens is 2. The molecule has 1 aromatic rings. The predicted molar refractivity (Wildman–Crippen MR) is 45.7 cm³/mol. The number of hydrogen-bond acceptors (Lipinski definition) is 2.